The van der Waals surface area contributed by atoms with E-state index in [1.807, 2.05) is 42.5 Å². The van der Waals surface area contributed by atoms with Crippen molar-refractivity contribution in [2.75, 3.05) is 23.8 Å². The Kier molecular flexibility index (Phi) is 6.24. The van der Waals surface area contributed by atoms with Crippen molar-refractivity contribution in [3.8, 4) is 5.75 Å². The van der Waals surface area contributed by atoms with Crippen molar-refractivity contribution in [3.63, 3.8) is 0 Å². The van der Waals surface area contributed by atoms with Gasteiger partial charge in [0, 0.05) is 11.4 Å². The second-order valence-corrected chi connectivity index (χ2v) is 6.43. The molecule has 0 bridgehead atoms. The Morgan fingerprint density at radius 1 is 1.00 bits per heavy atom. The summed E-state index contributed by atoms with van der Waals surface area (Å²) in [4.78, 5) is 12.0. The second kappa shape index (κ2) is 8.39. The molecule has 1 amide bonds. The Morgan fingerprint density at radius 2 is 1.67 bits per heavy atom. The summed E-state index contributed by atoms with van der Waals surface area (Å²) in [6.45, 7) is 9.26. The van der Waals surface area contributed by atoms with Crippen LogP contribution in [-0.4, -0.2) is 19.1 Å². The molecule has 4 nitrogen and oxygen atoms in total. The van der Waals surface area contributed by atoms with Gasteiger partial charge in [-0.1, -0.05) is 19.9 Å². The molecule has 2 rings (SSSR count). The molecule has 0 saturated heterocycles. The van der Waals surface area contributed by atoms with E-state index in [4.69, 9.17) is 4.74 Å². The summed E-state index contributed by atoms with van der Waals surface area (Å²) < 4.78 is 5.63. The lowest BCUT2D eigenvalue weighted by atomic mass is 10.1. The van der Waals surface area contributed by atoms with Crippen molar-refractivity contribution in [2.45, 2.75) is 27.7 Å². The van der Waals surface area contributed by atoms with Gasteiger partial charge >= 0.3 is 0 Å². The fraction of sp³-hybridized carbons (Fsp3) is 0.350. The SMILES string of the molecule is Cc1ccc(NCC(=O)Nc2ccc(OCC(C)C)cc2)cc1C. The van der Waals surface area contributed by atoms with Crippen LogP contribution in [0.3, 0.4) is 0 Å². The zero-order valence-electron chi connectivity index (χ0n) is 14.8. The molecule has 0 spiro atoms. The van der Waals surface area contributed by atoms with E-state index in [0.717, 1.165) is 17.1 Å². The molecule has 0 heterocycles. The monoisotopic (exact) mass is 326 g/mol. The molecule has 0 unspecified atom stereocenters. The normalized spacial score (nSPS) is 10.5. The minimum absolute atomic E-state index is 0.0796. The number of nitrogens with one attached hydrogen (secondary N) is 2. The van der Waals surface area contributed by atoms with E-state index >= 15 is 0 Å². The maximum Gasteiger partial charge on any atom is 0.243 e. The first-order valence-corrected chi connectivity index (χ1v) is 8.28. The number of hydrogen-bond acceptors (Lipinski definition) is 3. The predicted molar refractivity (Wildman–Crippen MR) is 99.8 cm³/mol. The average molecular weight is 326 g/mol. The van der Waals surface area contributed by atoms with Crippen LogP contribution in [0, 0.1) is 19.8 Å². The molecule has 0 aliphatic carbocycles. The van der Waals surface area contributed by atoms with Crippen LogP contribution in [0.15, 0.2) is 42.5 Å². The maximum atomic E-state index is 12.0. The van der Waals surface area contributed by atoms with Crippen LogP contribution in [-0.2, 0) is 4.79 Å². The van der Waals surface area contributed by atoms with E-state index in [1.165, 1.54) is 11.1 Å². The molecule has 0 radical (unpaired) electrons. The van der Waals surface area contributed by atoms with Gasteiger partial charge in [-0.15, -0.1) is 0 Å². The molecule has 4 heteroatoms. The number of benzene rings is 2. The molecule has 0 aromatic heterocycles. The van der Waals surface area contributed by atoms with Gasteiger partial charge in [0.05, 0.1) is 13.2 Å². The van der Waals surface area contributed by atoms with Crippen molar-refractivity contribution in [1.82, 2.24) is 0 Å². The number of hydrogen-bond donors (Lipinski definition) is 2. The Labute approximate surface area is 144 Å². The van der Waals surface area contributed by atoms with Crippen molar-refractivity contribution in [3.05, 3.63) is 53.6 Å². The summed E-state index contributed by atoms with van der Waals surface area (Å²) in [6, 6.07) is 13.5. The topological polar surface area (TPSA) is 50.4 Å². The maximum absolute atomic E-state index is 12.0. The summed E-state index contributed by atoms with van der Waals surface area (Å²) in [5.74, 6) is 1.22. The third-order valence-electron chi connectivity index (χ3n) is 3.68. The third-order valence-corrected chi connectivity index (χ3v) is 3.68. The van der Waals surface area contributed by atoms with E-state index in [1.54, 1.807) is 0 Å². The standard InChI is InChI=1S/C20H26N2O2/c1-14(2)13-24-19-9-7-17(8-10-19)22-20(23)12-21-18-6-5-15(3)16(4)11-18/h5-11,14,21H,12-13H2,1-4H3,(H,22,23). The van der Waals surface area contributed by atoms with E-state index in [9.17, 15) is 4.79 Å². The molecule has 0 saturated carbocycles. The van der Waals surface area contributed by atoms with E-state index in [0.29, 0.717) is 12.5 Å². The fourth-order valence-electron chi connectivity index (χ4n) is 2.14. The Balaban J connectivity index is 1.82. The quantitative estimate of drug-likeness (QED) is 0.793. The molecular formula is C20H26N2O2. The van der Waals surface area contributed by atoms with Gasteiger partial charge in [0.15, 0.2) is 0 Å². The molecule has 2 N–H and O–H groups in total. The number of aryl methyl sites for hydroxylation is 2. The third kappa shape index (κ3) is 5.61. The summed E-state index contributed by atoms with van der Waals surface area (Å²) in [5, 5.41) is 6.01. The van der Waals surface area contributed by atoms with Crippen LogP contribution in [0.5, 0.6) is 5.75 Å². The zero-order chi connectivity index (χ0) is 17.5. The highest BCUT2D eigenvalue weighted by Gasteiger charge is 2.04. The smallest absolute Gasteiger partial charge is 0.243 e. The van der Waals surface area contributed by atoms with Crippen molar-refractivity contribution < 1.29 is 9.53 Å². The predicted octanol–water partition coefficient (Wildman–Crippen LogP) is 4.39. The van der Waals surface area contributed by atoms with Crippen LogP contribution < -0.4 is 15.4 Å². The lowest BCUT2D eigenvalue weighted by Gasteiger charge is -2.11. The van der Waals surface area contributed by atoms with E-state index in [2.05, 4.69) is 38.3 Å². The highest BCUT2D eigenvalue weighted by molar-refractivity contribution is 5.93. The molecule has 0 fully saturated rings. The fourth-order valence-corrected chi connectivity index (χ4v) is 2.14. The second-order valence-electron chi connectivity index (χ2n) is 6.43. The minimum Gasteiger partial charge on any atom is -0.493 e. The summed E-state index contributed by atoms with van der Waals surface area (Å²) in [6.07, 6.45) is 0. The van der Waals surface area contributed by atoms with Gasteiger partial charge in [0.2, 0.25) is 5.91 Å². The molecule has 2 aromatic rings. The number of carbonyl (C=O) groups excluding carboxylic acids is 1. The molecule has 0 aliphatic rings. The van der Waals surface area contributed by atoms with Gasteiger partial charge < -0.3 is 15.4 Å². The number of rotatable bonds is 7. The lowest BCUT2D eigenvalue weighted by Crippen LogP contribution is -2.21. The lowest BCUT2D eigenvalue weighted by molar-refractivity contribution is -0.114. The Morgan fingerprint density at radius 3 is 2.29 bits per heavy atom. The number of amides is 1. The number of ether oxygens (including phenoxy) is 1. The highest BCUT2D eigenvalue weighted by atomic mass is 16.5. The number of anilines is 2. The van der Waals surface area contributed by atoms with Gasteiger partial charge in [0.25, 0.3) is 0 Å². The molecule has 24 heavy (non-hydrogen) atoms. The Hall–Kier alpha value is -2.49. The summed E-state index contributed by atoms with van der Waals surface area (Å²) >= 11 is 0. The molecule has 0 atom stereocenters. The van der Waals surface area contributed by atoms with Crippen LogP contribution in [0.4, 0.5) is 11.4 Å². The molecular weight excluding hydrogens is 300 g/mol. The number of carbonyl (C=O) groups is 1. The highest BCUT2D eigenvalue weighted by Crippen LogP contribution is 2.17. The van der Waals surface area contributed by atoms with Gasteiger partial charge in [-0.25, -0.2) is 0 Å². The van der Waals surface area contributed by atoms with Crippen molar-refractivity contribution in [2.24, 2.45) is 5.92 Å². The van der Waals surface area contributed by atoms with Crippen LogP contribution >= 0.6 is 0 Å². The van der Waals surface area contributed by atoms with Gasteiger partial charge in [-0.05, 0) is 67.3 Å². The van der Waals surface area contributed by atoms with Crippen molar-refractivity contribution in [1.29, 1.82) is 0 Å². The first kappa shape index (κ1) is 17.9. The van der Waals surface area contributed by atoms with Gasteiger partial charge in [0.1, 0.15) is 5.75 Å². The average Bonchev–Trinajstić information content (AvgIpc) is 2.55. The van der Waals surface area contributed by atoms with Crippen LogP contribution in [0.25, 0.3) is 0 Å². The summed E-state index contributed by atoms with van der Waals surface area (Å²) in [7, 11) is 0. The van der Waals surface area contributed by atoms with Gasteiger partial charge in [-0.3, -0.25) is 4.79 Å². The first-order valence-electron chi connectivity index (χ1n) is 8.28. The van der Waals surface area contributed by atoms with Crippen LogP contribution in [0.1, 0.15) is 25.0 Å². The molecule has 0 aliphatic heterocycles. The minimum atomic E-state index is -0.0796. The van der Waals surface area contributed by atoms with E-state index in [-0.39, 0.29) is 12.5 Å². The van der Waals surface area contributed by atoms with Gasteiger partial charge in [-0.2, -0.15) is 0 Å². The largest absolute Gasteiger partial charge is 0.493 e. The van der Waals surface area contributed by atoms with Crippen LogP contribution in [0.2, 0.25) is 0 Å². The Bertz CT molecular complexity index is 679. The summed E-state index contributed by atoms with van der Waals surface area (Å²) in [5.41, 5.74) is 4.16. The first-order chi connectivity index (χ1) is 11.4. The molecule has 128 valence electrons. The molecule has 2 aromatic carbocycles. The van der Waals surface area contributed by atoms with Crippen molar-refractivity contribution >= 4 is 17.3 Å². The zero-order valence-corrected chi connectivity index (χ0v) is 14.8. The van der Waals surface area contributed by atoms with E-state index < -0.39 is 0 Å².